The second-order valence-electron chi connectivity index (χ2n) is 7.30. The summed E-state index contributed by atoms with van der Waals surface area (Å²) in [7, 11) is 0. The van der Waals surface area contributed by atoms with E-state index in [2.05, 4.69) is 41.2 Å². The Hall–Kier alpha value is -2.47. The second kappa shape index (κ2) is 7.27. The molecule has 0 spiro atoms. The number of aryl methyl sites for hydroxylation is 2. The van der Waals surface area contributed by atoms with Crippen LogP contribution in [-0.4, -0.2) is 33.1 Å². The van der Waals surface area contributed by atoms with Gasteiger partial charge in [-0.1, -0.05) is 0 Å². The molecule has 2 N–H and O–H groups in total. The topological polar surface area (TPSA) is 44.0 Å². The summed E-state index contributed by atoms with van der Waals surface area (Å²) < 4.78 is 13.1. The number of benzene rings is 2. The van der Waals surface area contributed by atoms with Crippen molar-refractivity contribution in [1.29, 1.82) is 0 Å². The number of nitrogens with zero attached hydrogens (tertiary/aromatic N) is 2. The van der Waals surface area contributed by atoms with Gasteiger partial charge in [-0.15, -0.1) is 0 Å². The summed E-state index contributed by atoms with van der Waals surface area (Å²) in [6.07, 6.45) is 2.15. The van der Waals surface area contributed by atoms with Crippen LogP contribution >= 0.6 is 12.2 Å². The molecule has 0 bridgehead atoms. The molecule has 4 nitrogen and oxygen atoms in total. The summed E-state index contributed by atoms with van der Waals surface area (Å²) in [5.74, 6) is 1.10. The molecule has 1 fully saturated rings. The number of thiocarbonyl (C=S) groups is 1. The summed E-state index contributed by atoms with van der Waals surface area (Å²) in [4.78, 5) is 10.5. The number of hydrogen-bond acceptors (Lipinski definition) is 2. The van der Waals surface area contributed by atoms with Gasteiger partial charge < -0.3 is 15.2 Å². The number of aromatic nitrogens is 2. The molecule has 1 aromatic heterocycles. The van der Waals surface area contributed by atoms with Gasteiger partial charge in [0.1, 0.15) is 11.6 Å². The van der Waals surface area contributed by atoms with Crippen molar-refractivity contribution < 1.29 is 4.39 Å². The third-order valence-electron chi connectivity index (χ3n) is 5.31. The normalized spacial score (nSPS) is 17.3. The maximum Gasteiger partial charge on any atom is 0.173 e. The monoisotopic (exact) mass is 382 g/mol. The molecule has 0 amide bonds. The van der Waals surface area contributed by atoms with Crippen molar-refractivity contribution >= 4 is 34.1 Å². The highest BCUT2D eigenvalue weighted by Crippen LogP contribution is 2.28. The highest BCUT2D eigenvalue weighted by Gasteiger charge is 2.25. The van der Waals surface area contributed by atoms with E-state index >= 15 is 0 Å². The standard InChI is InChI=1S/C21H23FN4S/c1-13-10-18-19(11-14(13)2)25-20(24-18)15-4-3-9-26(12-15)21(27)23-17-7-5-16(22)6-8-17/h5-8,10-11,15H,3-4,9,12H2,1-2H3,(H,23,27)(H,24,25). The Labute approximate surface area is 163 Å². The van der Waals surface area contributed by atoms with Gasteiger partial charge in [0.25, 0.3) is 0 Å². The van der Waals surface area contributed by atoms with Gasteiger partial charge in [-0.05, 0) is 86.4 Å². The molecule has 0 saturated carbocycles. The number of piperidine rings is 1. The fourth-order valence-electron chi connectivity index (χ4n) is 3.60. The van der Waals surface area contributed by atoms with Gasteiger partial charge in [-0.3, -0.25) is 0 Å². The van der Waals surface area contributed by atoms with Crippen molar-refractivity contribution in [3.8, 4) is 0 Å². The zero-order valence-corrected chi connectivity index (χ0v) is 16.4. The number of aromatic amines is 1. The Kier molecular flexibility index (Phi) is 4.83. The van der Waals surface area contributed by atoms with E-state index in [1.807, 2.05) is 0 Å². The maximum absolute atomic E-state index is 13.1. The van der Waals surface area contributed by atoms with Crippen LogP contribution in [0.1, 0.15) is 35.7 Å². The summed E-state index contributed by atoms with van der Waals surface area (Å²) in [6, 6.07) is 10.6. The lowest BCUT2D eigenvalue weighted by molar-refractivity contribution is 0.307. The predicted octanol–water partition coefficient (Wildman–Crippen LogP) is 4.90. The summed E-state index contributed by atoms with van der Waals surface area (Å²) >= 11 is 5.58. The molecule has 0 radical (unpaired) electrons. The van der Waals surface area contributed by atoms with Crippen molar-refractivity contribution in [2.75, 3.05) is 18.4 Å². The number of likely N-dealkylation sites (tertiary alicyclic amines) is 1. The van der Waals surface area contributed by atoms with Crippen molar-refractivity contribution in [3.63, 3.8) is 0 Å². The van der Waals surface area contributed by atoms with Crippen LogP contribution in [0.4, 0.5) is 10.1 Å². The number of imidazole rings is 1. The van der Waals surface area contributed by atoms with Crippen molar-refractivity contribution in [2.45, 2.75) is 32.6 Å². The Bertz CT molecular complexity index is 941. The summed E-state index contributed by atoms with van der Waals surface area (Å²) in [5.41, 5.74) is 5.45. The van der Waals surface area contributed by atoms with Gasteiger partial charge in [0, 0.05) is 24.7 Å². The molecule has 1 atom stereocenters. The fourth-order valence-corrected chi connectivity index (χ4v) is 3.89. The Balaban J connectivity index is 1.49. The van der Waals surface area contributed by atoms with Gasteiger partial charge in [0.05, 0.1) is 11.0 Å². The van der Waals surface area contributed by atoms with Crippen LogP contribution < -0.4 is 5.32 Å². The highest BCUT2D eigenvalue weighted by atomic mass is 32.1. The van der Waals surface area contributed by atoms with Crippen LogP contribution in [0.3, 0.4) is 0 Å². The Morgan fingerprint density at radius 2 is 1.96 bits per heavy atom. The quantitative estimate of drug-likeness (QED) is 0.619. The molecule has 27 heavy (non-hydrogen) atoms. The number of rotatable bonds is 2. The van der Waals surface area contributed by atoms with Crippen LogP contribution in [0.15, 0.2) is 36.4 Å². The van der Waals surface area contributed by atoms with Gasteiger partial charge in [0.15, 0.2) is 5.11 Å². The smallest absolute Gasteiger partial charge is 0.173 e. The molecular formula is C21H23FN4S. The lowest BCUT2D eigenvalue weighted by atomic mass is 9.98. The molecule has 2 aromatic carbocycles. The molecule has 1 aliphatic heterocycles. The van der Waals surface area contributed by atoms with E-state index < -0.39 is 0 Å². The Morgan fingerprint density at radius 1 is 1.22 bits per heavy atom. The van der Waals surface area contributed by atoms with E-state index in [4.69, 9.17) is 17.2 Å². The van der Waals surface area contributed by atoms with Crippen LogP contribution in [0.25, 0.3) is 11.0 Å². The molecule has 1 unspecified atom stereocenters. The zero-order valence-electron chi connectivity index (χ0n) is 15.6. The number of H-pyrrole nitrogens is 1. The third-order valence-corrected chi connectivity index (χ3v) is 5.67. The lowest BCUT2D eigenvalue weighted by Gasteiger charge is -2.33. The first-order valence-electron chi connectivity index (χ1n) is 9.28. The molecule has 1 saturated heterocycles. The molecule has 140 valence electrons. The van der Waals surface area contributed by atoms with Crippen LogP contribution in [0, 0.1) is 19.7 Å². The average molecular weight is 383 g/mol. The fraction of sp³-hybridized carbons (Fsp3) is 0.333. The largest absolute Gasteiger partial charge is 0.348 e. The number of halogens is 1. The van der Waals surface area contributed by atoms with Crippen LogP contribution in [-0.2, 0) is 0 Å². The van der Waals surface area contributed by atoms with E-state index in [1.165, 1.54) is 23.3 Å². The highest BCUT2D eigenvalue weighted by molar-refractivity contribution is 7.80. The average Bonchev–Trinajstić information content (AvgIpc) is 3.07. The van der Waals surface area contributed by atoms with Crippen LogP contribution in [0.5, 0.6) is 0 Å². The van der Waals surface area contributed by atoms with E-state index in [0.29, 0.717) is 11.0 Å². The minimum atomic E-state index is -0.250. The molecule has 4 rings (SSSR count). The van der Waals surface area contributed by atoms with Crippen molar-refractivity contribution in [3.05, 3.63) is 59.2 Å². The molecule has 1 aliphatic rings. The molecule has 6 heteroatoms. The lowest BCUT2D eigenvalue weighted by Crippen LogP contribution is -2.41. The predicted molar refractivity (Wildman–Crippen MR) is 112 cm³/mol. The first-order chi connectivity index (χ1) is 13.0. The minimum Gasteiger partial charge on any atom is -0.348 e. The molecule has 3 aromatic rings. The summed E-state index contributed by atoms with van der Waals surface area (Å²) in [6.45, 7) is 5.98. The van der Waals surface area contributed by atoms with E-state index in [9.17, 15) is 4.39 Å². The second-order valence-corrected chi connectivity index (χ2v) is 7.68. The van der Waals surface area contributed by atoms with Gasteiger partial charge in [-0.25, -0.2) is 9.37 Å². The number of anilines is 1. The van der Waals surface area contributed by atoms with Gasteiger partial charge in [-0.2, -0.15) is 0 Å². The molecule has 2 heterocycles. The van der Waals surface area contributed by atoms with Crippen molar-refractivity contribution in [1.82, 2.24) is 14.9 Å². The van der Waals surface area contributed by atoms with E-state index in [1.54, 1.807) is 12.1 Å². The van der Waals surface area contributed by atoms with Crippen LogP contribution in [0.2, 0.25) is 0 Å². The summed E-state index contributed by atoms with van der Waals surface area (Å²) in [5, 5.41) is 3.89. The molecule has 0 aliphatic carbocycles. The SMILES string of the molecule is Cc1cc2nc(C3CCCN(C(=S)Nc4ccc(F)cc4)C3)[nH]c2cc1C. The number of hydrogen-bond donors (Lipinski definition) is 2. The number of nitrogens with one attached hydrogen (secondary N) is 2. The third kappa shape index (κ3) is 3.81. The maximum atomic E-state index is 13.1. The first kappa shape index (κ1) is 17.9. The van der Waals surface area contributed by atoms with E-state index in [-0.39, 0.29) is 5.82 Å². The number of fused-ring (bicyclic) bond motifs is 1. The van der Waals surface area contributed by atoms with Crippen molar-refractivity contribution in [2.24, 2.45) is 0 Å². The minimum absolute atomic E-state index is 0.250. The van der Waals surface area contributed by atoms with Gasteiger partial charge >= 0.3 is 0 Å². The Morgan fingerprint density at radius 3 is 2.74 bits per heavy atom. The van der Waals surface area contributed by atoms with E-state index in [0.717, 1.165) is 48.5 Å². The molecular weight excluding hydrogens is 359 g/mol. The first-order valence-corrected chi connectivity index (χ1v) is 9.69. The van der Waals surface area contributed by atoms with Gasteiger partial charge in [0.2, 0.25) is 0 Å². The zero-order chi connectivity index (χ0) is 19.0.